The number of nitrogens with two attached hydrogens (primary N) is 1. The van der Waals surface area contributed by atoms with Gasteiger partial charge in [-0.1, -0.05) is 47.5 Å². The third-order valence-corrected chi connectivity index (χ3v) is 4.59. The number of para-hydroxylation sites is 2. The lowest BCUT2D eigenvalue weighted by Crippen LogP contribution is -2.20. The van der Waals surface area contributed by atoms with Gasteiger partial charge in [0.1, 0.15) is 5.78 Å². The molecule has 0 aliphatic heterocycles. The van der Waals surface area contributed by atoms with E-state index < -0.39 is 0 Å². The SMILES string of the molecule is CC(CCC(=O)CN)OC(=O)Cc1ccccc1Nc1c(Cl)cccc1Cl. The number of hydrogen-bond donors (Lipinski definition) is 2. The first-order valence-electron chi connectivity index (χ1n) is 8.61. The molecular formula is C20H22Cl2N2O3. The molecule has 3 N–H and O–H groups in total. The normalized spacial score (nSPS) is 11.7. The molecule has 2 rings (SSSR count). The number of ketones is 1. The molecule has 0 heterocycles. The minimum Gasteiger partial charge on any atom is -0.462 e. The Labute approximate surface area is 168 Å². The molecule has 1 atom stereocenters. The lowest BCUT2D eigenvalue weighted by Gasteiger charge is -2.16. The van der Waals surface area contributed by atoms with Gasteiger partial charge in [-0.2, -0.15) is 0 Å². The molecule has 0 spiro atoms. The molecule has 0 amide bonds. The van der Waals surface area contributed by atoms with Gasteiger partial charge in [0.2, 0.25) is 0 Å². The van der Waals surface area contributed by atoms with E-state index in [1.807, 2.05) is 24.3 Å². The molecule has 1 unspecified atom stereocenters. The highest BCUT2D eigenvalue weighted by molar-refractivity contribution is 6.39. The second-order valence-electron chi connectivity index (χ2n) is 6.14. The van der Waals surface area contributed by atoms with E-state index in [0.29, 0.717) is 28.6 Å². The zero-order valence-corrected chi connectivity index (χ0v) is 16.5. The lowest BCUT2D eigenvalue weighted by molar-refractivity contribution is -0.148. The van der Waals surface area contributed by atoms with E-state index in [-0.39, 0.29) is 30.8 Å². The molecule has 2 aromatic carbocycles. The number of halogens is 2. The molecule has 27 heavy (non-hydrogen) atoms. The van der Waals surface area contributed by atoms with Crippen molar-refractivity contribution < 1.29 is 14.3 Å². The number of carbonyl (C=O) groups excluding carboxylic acids is 2. The summed E-state index contributed by atoms with van der Waals surface area (Å²) in [6, 6.07) is 12.6. The third-order valence-electron chi connectivity index (χ3n) is 3.96. The van der Waals surface area contributed by atoms with Gasteiger partial charge < -0.3 is 15.8 Å². The van der Waals surface area contributed by atoms with Crippen LogP contribution >= 0.6 is 23.2 Å². The number of carbonyl (C=O) groups is 2. The fraction of sp³-hybridized carbons (Fsp3) is 0.300. The van der Waals surface area contributed by atoms with E-state index in [9.17, 15) is 9.59 Å². The summed E-state index contributed by atoms with van der Waals surface area (Å²) in [5, 5.41) is 4.15. The summed E-state index contributed by atoms with van der Waals surface area (Å²) in [6.45, 7) is 1.76. The number of hydrogen-bond acceptors (Lipinski definition) is 5. The topological polar surface area (TPSA) is 81.4 Å². The summed E-state index contributed by atoms with van der Waals surface area (Å²) in [5.74, 6) is -0.425. The van der Waals surface area contributed by atoms with Gasteiger partial charge in [0.15, 0.2) is 0 Å². The summed E-state index contributed by atoms with van der Waals surface area (Å²) in [5.41, 5.74) is 7.33. The Bertz CT molecular complexity index is 791. The summed E-state index contributed by atoms with van der Waals surface area (Å²) in [6.07, 6.45) is 0.483. The highest BCUT2D eigenvalue weighted by Gasteiger charge is 2.15. The Morgan fingerprint density at radius 3 is 2.44 bits per heavy atom. The number of nitrogens with one attached hydrogen (secondary N) is 1. The van der Waals surface area contributed by atoms with Crippen molar-refractivity contribution in [1.82, 2.24) is 0 Å². The molecule has 0 aliphatic carbocycles. The van der Waals surface area contributed by atoms with Gasteiger partial charge in [-0.25, -0.2) is 0 Å². The number of benzene rings is 2. The van der Waals surface area contributed by atoms with Crippen LogP contribution in [0, 0.1) is 0 Å². The Morgan fingerprint density at radius 1 is 1.11 bits per heavy atom. The van der Waals surface area contributed by atoms with E-state index in [1.54, 1.807) is 25.1 Å². The van der Waals surface area contributed by atoms with Crippen LogP contribution < -0.4 is 11.1 Å². The van der Waals surface area contributed by atoms with E-state index >= 15 is 0 Å². The van der Waals surface area contributed by atoms with Gasteiger partial charge in [0.05, 0.1) is 34.8 Å². The predicted molar refractivity (Wildman–Crippen MR) is 109 cm³/mol. The third kappa shape index (κ3) is 6.54. The van der Waals surface area contributed by atoms with Gasteiger partial charge >= 0.3 is 5.97 Å². The van der Waals surface area contributed by atoms with E-state index in [2.05, 4.69) is 5.32 Å². The number of ether oxygens (including phenoxy) is 1. The molecule has 144 valence electrons. The zero-order chi connectivity index (χ0) is 19.8. The van der Waals surface area contributed by atoms with Gasteiger partial charge in [-0.3, -0.25) is 9.59 Å². The standard InChI is InChI=1S/C20H22Cl2N2O3/c1-13(9-10-15(25)12-23)27-19(26)11-14-5-2-3-8-18(14)24-20-16(21)6-4-7-17(20)22/h2-8,13,24H,9-12,23H2,1H3. The lowest BCUT2D eigenvalue weighted by atomic mass is 10.1. The van der Waals surface area contributed by atoms with Crippen LogP contribution in [0.1, 0.15) is 25.3 Å². The predicted octanol–water partition coefficient (Wildman–Crippen LogP) is 4.52. The molecule has 0 aromatic heterocycles. The maximum Gasteiger partial charge on any atom is 0.310 e. The Morgan fingerprint density at radius 2 is 1.78 bits per heavy atom. The van der Waals surface area contributed by atoms with Crippen molar-refractivity contribution in [3.05, 3.63) is 58.1 Å². The minimum atomic E-state index is -0.373. The molecule has 2 aromatic rings. The van der Waals surface area contributed by atoms with Crippen LogP contribution in [0.3, 0.4) is 0 Å². The van der Waals surface area contributed by atoms with E-state index in [4.69, 9.17) is 33.7 Å². The Kier molecular flexibility index (Phi) is 8.10. The van der Waals surface area contributed by atoms with Crippen molar-refractivity contribution in [3.63, 3.8) is 0 Å². The Hall–Kier alpha value is -2.08. The highest BCUT2D eigenvalue weighted by atomic mass is 35.5. The molecular weight excluding hydrogens is 387 g/mol. The van der Waals surface area contributed by atoms with Crippen molar-refractivity contribution in [3.8, 4) is 0 Å². The van der Waals surface area contributed by atoms with E-state index in [1.165, 1.54) is 0 Å². The monoisotopic (exact) mass is 408 g/mol. The maximum atomic E-state index is 12.3. The highest BCUT2D eigenvalue weighted by Crippen LogP contribution is 2.33. The fourth-order valence-corrected chi connectivity index (χ4v) is 2.99. The quantitative estimate of drug-likeness (QED) is 0.596. The average Bonchev–Trinajstić information content (AvgIpc) is 2.64. The minimum absolute atomic E-state index is 0.00428. The van der Waals surface area contributed by atoms with Gasteiger partial charge in [0.25, 0.3) is 0 Å². The largest absolute Gasteiger partial charge is 0.462 e. The fourth-order valence-electron chi connectivity index (χ4n) is 2.50. The first kappa shape index (κ1) is 21.2. The first-order valence-corrected chi connectivity index (χ1v) is 9.36. The zero-order valence-electron chi connectivity index (χ0n) is 15.0. The summed E-state index contributed by atoms with van der Waals surface area (Å²) < 4.78 is 5.39. The molecule has 0 fully saturated rings. The van der Waals surface area contributed by atoms with Crippen LogP contribution in [-0.4, -0.2) is 24.4 Å². The van der Waals surface area contributed by atoms with Gasteiger partial charge in [0, 0.05) is 12.1 Å². The summed E-state index contributed by atoms with van der Waals surface area (Å²) in [7, 11) is 0. The molecule has 7 heteroatoms. The van der Waals surface area contributed by atoms with Crippen LogP contribution in [0.2, 0.25) is 10.0 Å². The molecule has 0 aliphatic rings. The molecule has 5 nitrogen and oxygen atoms in total. The van der Waals surface area contributed by atoms with Crippen molar-refractivity contribution in [2.24, 2.45) is 5.73 Å². The number of rotatable bonds is 9. The summed E-state index contributed by atoms with van der Waals surface area (Å²) >= 11 is 12.4. The molecule has 0 radical (unpaired) electrons. The smallest absolute Gasteiger partial charge is 0.310 e. The van der Waals surface area contributed by atoms with Crippen molar-refractivity contribution in [2.75, 3.05) is 11.9 Å². The number of Topliss-reactive ketones (excluding diaryl/α,β-unsaturated/α-hetero) is 1. The Balaban J connectivity index is 2.03. The second-order valence-corrected chi connectivity index (χ2v) is 6.95. The first-order chi connectivity index (χ1) is 12.9. The molecule has 0 bridgehead atoms. The van der Waals surface area contributed by atoms with Crippen molar-refractivity contribution in [1.29, 1.82) is 0 Å². The number of anilines is 2. The second kappa shape index (κ2) is 10.3. The maximum absolute atomic E-state index is 12.3. The van der Waals surface area contributed by atoms with E-state index in [0.717, 1.165) is 11.3 Å². The van der Waals surface area contributed by atoms with Crippen LogP contribution in [0.4, 0.5) is 11.4 Å². The molecule has 0 saturated carbocycles. The average molecular weight is 409 g/mol. The summed E-state index contributed by atoms with van der Waals surface area (Å²) in [4.78, 5) is 23.5. The van der Waals surface area contributed by atoms with Crippen molar-refractivity contribution in [2.45, 2.75) is 32.3 Å². The van der Waals surface area contributed by atoms with Crippen LogP contribution in [0.15, 0.2) is 42.5 Å². The van der Waals surface area contributed by atoms with Gasteiger partial charge in [-0.05, 0) is 37.1 Å². The van der Waals surface area contributed by atoms with Crippen LogP contribution in [0.25, 0.3) is 0 Å². The van der Waals surface area contributed by atoms with Gasteiger partial charge in [-0.15, -0.1) is 0 Å². The number of esters is 1. The van der Waals surface area contributed by atoms with Crippen molar-refractivity contribution >= 4 is 46.3 Å². The van der Waals surface area contributed by atoms with Crippen LogP contribution in [0.5, 0.6) is 0 Å². The molecule has 0 saturated heterocycles. The van der Waals surface area contributed by atoms with Crippen LogP contribution in [-0.2, 0) is 20.7 Å².